The summed E-state index contributed by atoms with van der Waals surface area (Å²) in [4.78, 5) is 18.9. The first kappa shape index (κ1) is 18.9. The second kappa shape index (κ2) is 8.69. The Morgan fingerprint density at radius 3 is 2.86 bits per heavy atom. The van der Waals surface area contributed by atoms with E-state index in [4.69, 9.17) is 0 Å². The molecule has 0 spiro atoms. The molecule has 1 atom stereocenters. The standard InChI is InChI=1S/C22H29N5O/c1-26-20(14-21(25-26)18-7-4-10-23-15-18)16-27-11-8-19(9-12-27)24-22(28)13-17-5-2-3-6-17/h2,4-5,7,10,14-15,17,19H,3,6,8-9,11-13,16H2,1H3,(H,24,28)/t17-/m0/s1. The summed E-state index contributed by atoms with van der Waals surface area (Å²) in [5.41, 5.74) is 3.21. The first-order valence-corrected chi connectivity index (χ1v) is 10.3. The number of allylic oxidation sites excluding steroid dienone is 2. The number of carbonyl (C=O) groups is 1. The number of hydrogen-bond acceptors (Lipinski definition) is 4. The van der Waals surface area contributed by atoms with E-state index in [1.54, 1.807) is 6.20 Å². The predicted molar refractivity (Wildman–Crippen MR) is 109 cm³/mol. The van der Waals surface area contributed by atoms with Gasteiger partial charge in [-0.2, -0.15) is 5.10 Å². The van der Waals surface area contributed by atoms with Gasteiger partial charge < -0.3 is 5.32 Å². The van der Waals surface area contributed by atoms with Gasteiger partial charge in [0.15, 0.2) is 0 Å². The van der Waals surface area contributed by atoms with Gasteiger partial charge in [-0.15, -0.1) is 0 Å². The number of likely N-dealkylation sites (tertiary alicyclic amines) is 1. The molecule has 1 aliphatic carbocycles. The molecule has 6 heteroatoms. The number of aryl methyl sites for hydroxylation is 1. The first-order valence-electron chi connectivity index (χ1n) is 10.3. The Hall–Kier alpha value is -2.47. The highest BCUT2D eigenvalue weighted by atomic mass is 16.1. The maximum atomic E-state index is 12.2. The second-order valence-electron chi connectivity index (χ2n) is 7.97. The van der Waals surface area contributed by atoms with Crippen molar-refractivity contribution in [3.8, 4) is 11.3 Å². The Labute approximate surface area is 166 Å². The van der Waals surface area contributed by atoms with E-state index in [0.29, 0.717) is 18.4 Å². The molecule has 3 heterocycles. The third-order valence-electron chi connectivity index (χ3n) is 5.83. The van der Waals surface area contributed by atoms with Crippen LogP contribution in [0.25, 0.3) is 11.3 Å². The fraction of sp³-hybridized carbons (Fsp3) is 0.500. The minimum Gasteiger partial charge on any atom is -0.353 e. The van der Waals surface area contributed by atoms with Crippen LogP contribution in [0.1, 0.15) is 37.8 Å². The van der Waals surface area contributed by atoms with Crippen LogP contribution in [0.4, 0.5) is 0 Å². The molecule has 2 aromatic rings. The Morgan fingerprint density at radius 2 is 2.14 bits per heavy atom. The topological polar surface area (TPSA) is 63.1 Å². The molecule has 1 fully saturated rings. The fourth-order valence-electron chi connectivity index (χ4n) is 4.16. The fourth-order valence-corrected chi connectivity index (χ4v) is 4.16. The molecule has 28 heavy (non-hydrogen) atoms. The lowest BCUT2D eigenvalue weighted by Crippen LogP contribution is -2.44. The van der Waals surface area contributed by atoms with E-state index in [-0.39, 0.29) is 5.91 Å². The molecular formula is C22H29N5O. The molecule has 0 saturated carbocycles. The van der Waals surface area contributed by atoms with Crippen molar-refractivity contribution in [2.45, 2.75) is 44.7 Å². The van der Waals surface area contributed by atoms with Crippen molar-refractivity contribution in [2.75, 3.05) is 13.1 Å². The molecule has 4 rings (SSSR count). The lowest BCUT2D eigenvalue weighted by atomic mass is 10.0. The van der Waals surface area contributed by atoms with Crippen LogP contribution in [0.3, 0.4) is 0 Å². The molecule has 1 aliphatic heterocycles. The van der Waals surface area contributed by atoms with Gasteiger partial charge in [0.05, 0.1) is 11.4 Å². The van der Waals surface area contributed by atoms with Crippen LogP contribution in [-0.4, -0.2) is 44.7 Å². The van der Waals surface area contributed by atoms with Gasteiger partial charge in [0, 0.05) is 57.1 Å². The Morgan fingerprint density at radius 1 is 1.29 bits per heavy atom. The van der Waals surface area contributed by atoms with Crippen molar-refractivity contribution >= 4 is 5.91 Å². The number of rotatable bonds is 6. The summed E-state index contributed by atoms with van der Waals surface area (Å²) in [5.74, 6) is 0.654. The molecular weight excluding hydrogens is 350 g/mol. The molecule has 1 amide bonds. The van der Waals surface area contributed by atoms with Crippen molar-refractivity contribution in [3.05, 3.63) is 48.4 Å². The van der Waals surface area contributed by atoms with Gasteiger partial charge in [-0.3, -0.25) is 19.4 Å². The van der Waals surface area contributed by atoms with Gasteiger partial charge in [-0.25, -0.2) is 0 Å². The van der Waals surface area contributed by atoms with E-state index < -0.39 is 0 Å². The number of nitrogens with zero attached hydrogens (tertiary/aromatic N) is 4. The summed E-state index contributed by atoms with van der Waals surface area (Å²) >= 11 is 0. The number of carbonyl (C=O) groups excluding carboxylic acids is 1. The van der Waals surface area contributed by atoms with Gasteiger partial charge in [0.1, 0.15) is 0 Å². The van der Waals surface area contributed by atoms with Gasteiger partial charge in [0.25, 0.3) is 0 Å². The summed E-state index contributed by atoms with van der Waals surface area (Å²) in [6.45, 7) is 2.89. The lowest BCUT2D eigenvalue weighted by molar-refractivity contribution is -0.122. The van der Waals surface area contributed by atoms with Crippen molar-refractivity contribution in [1.29, 1.82) is 0 Å². The van der Waals surface area contributed by atoms with Gasteiger partial charge >= 0.3 is 0 Å². The normalized spacial score (nSPS) is 20.5. The zero-order valence-corrected chi connectivity index (χ0v) is 16.6. The van der Waals surface area contributed by atoms with Crippen LogP contribution in [0.2, 0.25) is 0 Å². The molecule has 2 aliphatic rings. The maximum absolute atomic E-state index is 12.2. The van der Waals surface area contributed by atoms with Crippen LogP contribution in [-0.2, 0) is 18.4 Å². The van der Waals surface area contributed by atoms with Crippen LogP contribution in [0.5, 0.6) is 0 Å². The number of aromatic nitrogens is 3. The summed E-state index contributed by atoms with van der Waals surface area (Å²) < 4.78 is 1.96. The maximum Gasteiger partial charge on any atom is 0.220 e. The summed E-state index contributed by atoms with van der Waals surface area (Å²) in [7, 11) is 2.00. The number of nitrogens with one attached hydrogen (secondary N) is 1. The van der Waals surface area contributed by atoms with Crippen molar-refractivity contribution in [2.24, 2.45) is 13.0 Å². The molecule has 2 aromatic heterocycles. The molecule has 1 N–H and O–H groups in total. The van der Waals surface area contributed by atoms with Crippen molar-refractivity contribution in [3.63, 3.8) is 0 Å². The molecule has 6 nitrogen and oxygen atoms in total. The third kappa shape index (κ3) is 4.68. The van der Waals surface area contributed by atoms with E-state index in [2.05, 4.69) is 38.5 Å². The monoisotopic (exact) mass is 379 g/mol. The quantitative estimate of drug-likeness (QED) is 0.784. The van der Waals surface area contributed by atoms with E-state index in [1.807, 2.05) is 30.1 Å². The smallest absolute Gasteiger partial charge is 0.220 e. The largest absolute Gasteiger partial charge is 0.353 e. The highest BCUT2D eigenvalue weighted by molar-refractivity contribution is 5.76. The zero-order chi connectivity index (χ0) is 19.3. The highest BCUT2D eigenvalue weighted by Crippen LogP contribution is 2.22. The average Bonchev–Trinajstić information content (AvgIpc) is 3.34. The van der Waals surface area contributed by atoms with E-state index in [9.17, 15) is 4.79 Å². The van der Waals surface area contributed by atoms with Gasteiger partial charge in [-0.1, -0.05) is 12.2 Å². The van der Waals surface area contributed by atoms with Gasteiger partial charge in [0.2, 0.25) is 5.91 Å². The lowest BCUT2D eigenvalue weighted by Gasteiger charge is -2.32. The molecule has 0 aromatic carbocycles. The van der Waals surface area contributed by atoms with E-state index in [1.165, 1.54) is 5.69 Å². The molecule has 1 saturated heterocycles. The molecule has 0 unspecified atom stereocenters. The van der Waals surface area contributed by atoms with Crippen molar-refractivity contribution in [1.82, 2.24) is 25.0 Å². The highest BCUT2D eigenvalue weighted by Gasteiger charge is 2.23. The van der Waals surface area contributed by atoms with Crippen LogP contribution >= 0.6 is 0 Å². The molecule has 0 bridgehead atoms. The minimum absolute atomic E-state index is 0.211. The van der Waals surface area contributed by atoms with Crippen LogP contribution in [0, 0.1) is 5.92 Å². The number of hydrogen-bond donors (Lipinski definition) is 1. The average molecular weight is 380 g/mol. The Bertz CT molecular complexity index is 821. The Kier molecular flexibility index (Phi) is 5.86. The van der Waals surface area contributed by atoms with Gasteiger partial charge in [-0.05, 0) is 49.8 Å². The number of piperidine rings is 1. The second-order valence-corrected chi connectivity index (χ2v) is 7.97. The minimum atomic E-state index is 0.211. The zero-order valence-electron chi connectivity index (χ0n) is 16.6. The van der Waals surface area contributed by atoms with E-state index >= 15 is 0 Å². The van der Waals surface area contributed by atoms with Crippen LogP contribution < -0.4 is 5.32 Å². The number of amides is 1. The predicted octanol–water partition coefficient (Wildman–Crippen LogP) is 2.92. The van der Waals surface area contributed by atoms with Crippen LogP contribution in [0.15, 0.2) is 42.7 Å². The van der Waals surface area contributed by atoms with E-state index in [0.717, 1.165) is 56.6 Å². The Balaban J connectivity index is 1.26. The first-order chi connectivity index (χ1) is 13.7. The summed E-state index contributed by atoms with van der Waals surface area (Å²) in [5, 5.41) is 7.88. The third-order valence-corrected chi connectivity index (χ3v) is 5.83. The SMILES string of the molecule is Cn1nc(-c2cccnc2)cc1CN1CCC(NC(=O)C[C@H]2C=CCC2)CC1. The molecule has 148 valence electrons. The van der Waals surface area contributed by atoms with Crippen molar-refractivity contribution < 1.29 is 4.79 Å². The summed E-state index contributed by atoms with van der Waals surface area (Å²) in [6.07, 6.45) is 12.9. The molecule has 0 radical (unpaired) electrons. The number of pyridine rings is 1. The summed E-state index contributed by atoms with van der Waals surface area (Å²) in [6, 6.07) is 6.44.